The Morgan fingerprint density at radius 2 is 1.58 bits per heavy atom. The van der Waals surface area contributed by atoms with Crippen LogP contribution >= 0.6 is 0 Å². The molecule has 2 nitrogen and oxygen atoms in total. The molecule has 0 bridgehead atoms. The van der Waals surface area contributed by atoms with Gasteiger partial charge in [0.2, 0.25) is 0 Å². The minimum atomic E-state index is 1.21. The summed E-state index contributed by atoms with van der Waals surface area (Å²) >= 11 is 0. The molecule has 0 saturated heterocycles. The summed E-state index contributed by atoms with van der Waals surface area (Å²) in [6.07, 6.45) is 0. The number of aromatic nitrogens is 1. The molecular formula is C22H16N2. The van der Waals surface area contributed by atoms with Crippen molar-refractivity contribution in [2.75, 3.05) is 5.32 Å². The van der Waals surface area contributed by atoms with E-state index in [-0.39, 0.29) is 0 Å². The van der Waals surface area contributed by atoms with E-state index in [1.807, 2.05) is 0 Å². The van der Waals surface area contributed by atoms with Crippen molar-refractivity contribution >= 4 is 54.7 Å². The number of rotatable bonds is 0. The van der Waals surface area contributed by atoms with Crippen LogP contribution in [0.5, 0.6) is 0 Å². The molecule has 1 aromatic heterocycles. The molecule has 0 atom stereocenters. The van der Waals surface area contributed by atoms with Gasteiger partial charge in [-0.05, 0) is 48.4 Å². The fraction of sp³-hybridized carbons (Fsp3) is 0.0909. The Balaban J connectivity index is 2.07. The normalized spacial score (nSPS) is 12.9. The largest absolute Gasteiger partial charge is 0.354 e. The van der Waals surface area contributed by atoms with Crippen molar-refractivity contribution in [1.82, 2.24) is 4.98 Å². The lowest BCUT2D eigenvalue weighted by atomic mass is 9.92. The van der Waals surface area contributed by atoms with Gasteiger partial charge in [0.05, 0.1) is 5.52 Å². The lowest BCUT2D eigenvalue weighted by Gasteiger charge is -2.19. The van der Waals surface area contributed by atoms with E-state index in [2.05, 4.69) is 72.7 Å². The summed E-state index contributed by atoms with van der Waals surface area (Å²) in [6, 6.07) is 17.9. The molecule has 1 aliphatic rings. The van der Waals surface area contributed by atoms with Crippen molar-refractivity contribution in [3.05, 3.63) is 59.7 Å². The van der Waals surface area contributed by atoms with Crippen LogP contribution in [0.4, 0.5) is 11.4 Å². The first kappa shape index (κ1) is 12.4. The molecule has 2 heteroatoms. The highest BCUT2D eigenvalue weighted by molar-refractivity contribution is 6.37. The fourth-order valence-electron chi connectivity index (χ4n) is 4.42. The Morgan fingerprint density at radius 1 is 0.667 bits per heavy atom. The van der Waals surface area contributed by atoms with Crippen molar-refractivity contribution < 1.29 is 0 Å². The van der Waals surface area contributed by atoms with Crippen LogP contribution < -0.4 is 5.32 Å². The van der Waals surface area contributed by atoms with Gasteiger partial charge in [0.25, 0.3) is 0 Å². The summed E-state index contributed by atoms with van der Waals surface area (Å²) in [6.45, 7) is 4.32. The van der Waals surface area contributed by atoms with Gasteiger partial charge in [-0.3, -0.25) is 0 Å². The topological polar surface area (TPSA) is 27.8 Å². The number of anilines is 2. The second-order valence-electron chi connectivity index (χ2n) is 7.01. The molecule has 0 saturated carbocycles. The van der Waals surface area contributed by atoms with Gasteiger partial charge in [0, 0.05) is 38.4 Å². The highest BCUT2D eigenvalue weighted by atomic mass is 14.9. The number of aromatic amines is 1. The minimum Gasteiger partial charge on any atom is -0.354 e. The molecule has 0 aliphatic carbocycles. The van der Waals surface area contributed by atoms with Gasteiger partial charge in [0.15, 0.2) is 0 Å². The maximum atomic E-state index is 3.71. The first-order valence-electron chi connectivity index (χ1n) is 8.39. The zero-order valence-corrected chi connectivity index (χ0v) is 13.6. The highest BCUT2D eigenvalue weighted by Gasteiger charge is 2.22. The van der Waals surface area contributed by atoms with E-state index in [1.165, 1.54) is 65.9 Å². The molecule has 1 aliphatic heterocycles. The molecule has 0 radical (unpaired) electrons. The van der Waals surface area contributed by atoms with Gasteiger partial charge in [0.1, 0.15) is 0 Å². The molecule has 6 rings (SSSR count). The van der Waals surface area contributed by atoms with Crippen LogP contribution in [-0.2, 0) is 0 Å². The quantitative estimate of drug-likeness (QED) is 0.317. The van der Waals surface area contributed by atoms with E-state index < -0.39 is 0 Å². The third kappa shape index (κ3) is 1.33. The standard InChI is InChI=1S/C22H16N2/c1-11-6-7-14-15(8-11)13-4-3-5-16-19(13)21-20-17(23-16)9-12(2)10-18(20)24-22(14)21/h3-10,23-24H,1-2H3. The summed E-state index contributed by atoms with van der Waals surface area (Å²) in [5, 5.41) is 11.6. The van der Waals surface area contributed by atoms with E-state index in [0.717, 1.165) is 0 Å². The second-order valence-corrected chi connectivity index (χ2v) is 7.01. The van der Waals surface area contributed by atoms with Crippen LogP contribution in [0.3, 0.4) is 0 Å². The van der Waals surface area contributed by atoms with Crippen LogP contribution in [0.2, 0.25) is 0 Å². The average molecular weight is 308 g/mol. The molecule has 0 amide bonds. The zero-order valence-electron chi connectivity index (χ0n) is 13.6. The van der Waals surface area contributed by atoms with Gasteiger partial charge in [-0.15, -0.1) is 0 Å². The Labute approximate surface area is 139 Å². The van der Waals surface area contributed by atoms with Gasteiger partial charge >= 0.3 is 0 Å². The highest BCUT2D eigenvalue weighted by Crippen LogP contribution is 2.48. The first-order chi connectivity index (χ1) is 11.7. The van der Waals surface area contributed by atoms with E-state index in [1.54, 1.807) is 0 Å². The molecular weight excluding hydrogens is 292 g/mol. The third-order valence-electron chi connectivity index (χ3n) is 5.36. The molecule has 0 fully saturated rings. The number of fused-ring (bicyclic) bond motifs is 3. The van der Waals surface area contributed by atoms with E-state index in [9.17, 15) is 0 Å². The number of H-pyrrole nitrogens is 1. The van der Waals surface area contributed by atoms with E-state index >= 15 is 0 Å². The second kappa shape index (κ2) is 3.90. The van der Waals surface area contributed by atoms with Crippen LogP contribution in [0.25, 0.3) is 43.4 Å². The van der Waals surface area contributed by atoms with Gasteiger partial charge in [-0.1, -0.05) is 35.9 Å². The number of hydrogen-bond acceptors (Lipinski definition) is 1. The van der Waals surface area contributed by atoms with E-state index in [0.29, 0.717) is 0 Å². The Bertz CT molecular complexity index is 1340. The molecule has 2 heterocycles. The minimum absolute atomic E-state index is 1.21. The number of aryl methyl sites for hydroxylation is 2. The molecule has 2 N–H and O–H groups in total. The Morgan fingerprint density at radius 3 is 2.50 bits per heavy atom. The van der Waals surface area contributed by atoms with E-state index in [4.69, 9.17) is 0 Å². The molecule has 0 unspecified atom stereocenters. The van der Waals surface area contributed by atoms with Gasteiger partial charge < -0.3 is 10.3 Å². The summed E-state index contributed by atoms with van der Waals surface area (Å²) < 4.78 is 0. The number of benzene rings is 4. The fourth-order valence-corrected chi connectivity index (χ4v) is 4.42. The van der Waals surface area contributed by atoms with Crippen molar-refractivity contribution in [2.45, 2.75) is 13.8 Å². The lowest BCUT2D eigenvalue weighted by molar-refractivity contribution is 1.46. The van der Waals surface area contributed by atoms with Gasteiger partial charge in [-0.25, -0.2) is 0 Å². The van der Waals surface area contributed by atoms with Crippen molar-refractivity contribution in [3.8, 4) is 0 Å². The first-order valence-corrected chi connectivity index (χ1v) is 8.39. The van der Waals surface area contributed by atoms with Crippen LogP contribution in [0.1, 0.15) is 11.1 Å². The van der Waals surface area contributed by atoms with Crippen LogP contribution in [0.15, 0.2) is 48.5 Å². The molecule has 24 heavy (non-hydrogen) atoms. The Kier molecular flexibility index (Phi) is 2.02. The smallest absolute Gasteiger partial charge is 0.0552 e. The van der Waals surface area contributed by atoms with Crippen LogP contribution in [0, 0.1) is 13.8 Å². The molecule has 114 valence electrons. The molecule has 5 aromatic rings. The summed E-state index contributed by atoms with van der Waals surface area (Å²) in [4.78, 5) is 3.71. The number of hydrogen-bond donors (Lipinski definition) is 2. The number of nitrogens with one attached hydrogen (secondary N) is 2. The van der Waals surface area contributed by atoms with Gasteiger partial charge in [-0.2, -0.15) is 0 Å². The maximum Gasteiger partial charge on any atom is 0.0552 e. The van der Waals surface area contributed by atoms with Crippen LogP contribution in [-0.4, -0.2) is 4.98 Å². The third-order valence-corrected chi connectivity index (χ3v) is 5.36. The predicted molar refractivity (Wildman–Crippen MR) is 104 cm³/mol. The molecule has 4 aromatic carbocycles. The summed E-state index contributed by atoms with van der Waals surface area (Å²) in [5.41, 5.74) is 7.46. The van der Waals surface area contributed by atoms with Crippen molar-refractivity contribution in [1.29, 1.82) is 0 Å². The molecule has 0 spiro atoms. The zero-order chi connectivity index (χ0) is 16.0. The Hall–Kier alpha value is -3.00. The monoisotopic (exact) mass is 308 g/mol. The average Bonchev–Trinajstić information content (AvgIpc) is 2.94. The summed E-state index contributed by atoms with van der Waals surface area (Å²) in [7, 11) is 0. The SMILES string of the molecule is Cc1cc2c3c(c1)[nH]c1c4ccc(C)cc4c4cccc(c4c13)N2. The summed E-state index contributed by atoms with van der Waals surface area (Å²) in [5.74, 6) is 0. The lowest BCUT2D eigenvalue weighted by Crippen LogP contribution is -1.97. The maximum absolute atomic E-state index is 3.71. The van der Waals surface area contributed by atoms with Crippen molar-refractivity contribution in [3.63, 3.8) is 0 Å². The predicted octanol–water partition coefficient (Wildman–Crippen LogP) is 6.30. The van der Waals surface area contributed by atoms with Crippen molar-refractivity contribution in [2.24, 2.45) is 0 Å².